The lowest BCUT2D eigenvalue weighted by Gasteiger charge is -2.48. The van der Waals surface area contributed by atoms with Crippen molar-refractivity contribution in [3.8, 4) is 56.0 Å². The molecule has 4 aliphatic rings. The third-order valence-corrected chi connectivity index (χ3v) is 16.6. The van der Waals surface area contributed by atoms with E-state index in [1.54, 1.807) is 0 Å². The van der Waals surface area contributed by atoms with Crippen LogP contribution in [0.2, 0.25) is 0 Å². The SMILES string of the molecule is C1=CC(c2cc(-c3cccc(-c4cccc5c4-c4c(ccc6c4oc4ccccc46)C54c5ccccc5C5(c6ccccc6-c6ccccc65)c5ccccc54)c3)nc(-c3ccc4ccccc4c3)n2)=CCC1. The quantitative estimate of drug-likeness (QED) is 0.177. The summed E-state index contributed by atoms with van der Waals surface area (Å²) in [6.45, 7) is 0. The molecule has 0 bridgehead atoms. The second kappa shape index (κ2) is 15.2. The van der Waals surface area contributed by atoms with E-state index < -0.39 is 10.8 Å². The van der Waals surface area contributed by atoms with Gasteiger partial charge in [0, 0.05) is 27.5 Å². The van der Waals surface area contributed by atoms with Crippen LogP contribution < -0.4 is 0 Å². The molecule has 73 heavy (non-hydrogen) atoms. The Morgan fingerprint density at radius 3 is 1.70 bits per heavy atom. The molecule has 0 saturated heterocycles. The third-order valence-electron chi connectivity index (χ3n) is 16.6. The first-order valence-electron chi connectivity index (χ1n) is 25.5. The van der Waals surface area contributed by atoms with E-state index in [2.05, 4.69) is 243 Å². The van der Waals surface area contributed by atoms with Crippen LogP contribution in [-0.2, 0) is 10.8 Å². The molecule has 340 valence electrons. The topological polar surface area (TPSA) is 38.9 Å². The molecular formula is C70H44N2O. The van der Waals surface area contributed by atoms with Crippen LogP contribution in [0.4, 0.5) is 0 Å². The first-order chi connectivity index (χ1) is 36.2. The highest BCUT2D eigenvalue weighted by molar-refractivity contribution is 6.14. The average Bonchev–Trinajstić information content (AvgIpc) is 4.11. The number of hydrogen-bond donors (Lipinski definition) is 0. The van der Waals surface area contributed by atoms with Crippen LogP contribution in [0.5, 0.6) is 0 Å². The predicted molar refractivity (Wildman–Crippen MR) is 298 cm³/mol. The second-order valence-corrected chi connectivity index (χ2v) is 20.1. The van der Waals surface area contributed by atoms with Gasteiger partial charge in [0.2, 0.25) is 0 Å². The lowest BCUT2D eigenvalue weighted by Crippen LogP contribution is -2.43. The Bertz CT molecular complexity index is 4320. The third kappa shape index (κ3) is 5.43. The molecule has 0 amide bonds. The Hall–Kier alpha value is -9.18. The van der Waals surface area contributed by atoms with E-state index in [9.17, 15) is 0 Å². The number of fused-ring (bicyclic) bond motifs is 21. The summed E-state index contributed by atoms with van der Waals surface area (Å²) < 4.78 is 7.16. The van der Waals surface area contributed by atoms with Crippen LogP contribution in [0.15, 0.2) is 247 Å². The van der Waals surface area contributed by atoms with Gasteiger partial charge in [0.1, 0.15) is 11.2 Å². The maximum Gasteiger partial charge on any atom is 0.160 e. The van der Waals surface area contributed by atoms with Gasteiger partial charge in [0.15, 0.2) is 5.82 Å². The summed E-state index contributed by atoms with van der Waals surface area (Å²) in [5, 5.41) is 4.60. The Morgan fingerprint density at radius 2 is 0.959 bits per heavy atom. The summed E-state index contributed by atoms with van der Waals surface area (Å²) in [6.07, 6.45) is 8.79. The molecule has 16 rings (SSSR count). The van der Waals surface area contributed by atoms with Gasteiger partial charge in [-0.15, -0.1) is 0 Å². The molecular weight excluding hydrogens is 885 g/mol. The van der Waals surface area contributed by atoms with Crippen molar-refractivity contribution < 1.29 is 4.42 Å². The van der Waals surface area contributed by atoms with Crippen molar-refractivity contribution in [3.63, 3.8) is 0 Å². The van der Waals surface area contributed by atoms with E-state index in [1.807, 2.05) is 0 Å². The first-order valence-corrected chi connectivity index (χ1v) is 25.5. The van der Waals surface area contributed by atoms with E-state index in [4.69, 9.17) is 14.4 Å². The number of allylic oxidation sites excluding steroid dienone is 4. The van der Waals surface area contributed by atoms with Gasteiger partial charge in [-0.3, -0.25) is 0 Å². The van der Waals surface area contributed by atoms with Gasteiger partial charge < -0.3 is 4.42 Å². The Labute approximate surface area is 423 Å². The number of hydrogen-bond acceptors (Lipinski definition) is 3. The second-order valence-electron chi connectivity index (χ2n) is 20.1. The van der Waals surface area contributed by atoms with Crippen LogP contribution in [-0.4, -0.2) is 9.97 Å². The van der Waals surface area contributed by atoms with E-state index in [-0.39, 0.29) is 0 Å². The van der Waals surface area contributed by atoms with E-state index in [0.717, 1.165) is 79.6 Å². The largest absolute Gasteiger partial charge is 0.455 e. The summed E-state index contributed by atoms with van der Waals surface area (Å²) in [6, 6.07) is 83.3. The zero-order valence-electron chi connectivity index (χ0n) is 39.8. The molecule has 12 aromatic rings. The minimum Gasteiger partial charge on any atom is -0.455 e. The Balaban J connectivity index is 0.968. The normalized spacial score (nSPS) is 15.0. The van der Waals surface area contributed by atoms with Gasteiger partial charge in [-0.05, 0) is 126 Å². The predicted octanol–water partition coefficient (Wildman–Crippen LogP) is 17.3. The molecule has 2 spiro atoms. The van der Waals surface area contributed by atoms with Crippen molar-refractivity contribution >= 4 is 38.3 Å². The van der Waals surface area contributed by atoms with E-state index in [0.29, 0.717) is 5.82 Å². The van der Waals surface area contributed by atoms with Crippen molar-refractivity contribution in [3.05, 3.63) is 293 Å². The minimum atomic E-state index is -0.687. The number of rotatable bonds is 4. The fraction of sp³-hybridized carbons (Fsp3) is 0.0571. The number of benzene rings is 10. The first kappa shape index (κ1) is 40.5. The Morgan fingerprint density at radius 1 is 0.370 bits per heavy atom. The van der Waals surface area contributed by atoms with Gasteiger partial charge in [0.25, 0.3) is 0 Å². The number of para-hydroxylation sites is 1. The highest BCUT2D eigenvalue weighted by atomic mass is 16.3. The molecule has 2 aromatic heterocycles. The van der Waals surface area contributed by atoms with Gasteiger partial charge in [-0.1, -0.05) is 218 Å². The van der Waals surface area contributed by atoms with Crippen LogP contribution in [0, 0.1) is 0 Å². The Kier molecular flexibility index (Phi) is 8.42. The molecule has 0 saturated carbocycles. The molecule has 3 nitrogen and oxygen atoms in total. The van der Waals surface area contributed by atoms with Crippen LogP contribution in [0.1, 0.15) is 63.0 Å². The summed E-state index contributed by atoms with van der Waals surface area (Å²) in [5.41, 5.74) is 23.1. The van der Waals surface area contributed by atoms with Gasteiger partial charge in [-0.25, -0.2) is 9.97 Å². The fourth-order valence-electron chi connectivity index (χ4n) is 13.7. The fourth-order valence-corrected chi connectivity index (χ4v) is 13.7. The summed E-state index contributed by atoms with van der Waals surface area (Å²) in [4.78, 5) is 10.6. The van der Waals surface area contributed by atoms with Gasteiger partial charge in [-0.2, -0.15) is 0 Å². The van der Waals surface area contributed by atoms with Crippen LogP contribution in [0.25, 0.3) is 94.3 Å². The highest BCUT2D eigenvalue weighted by Gasteiger charge is 2.59. The number of nitrogens with zero attached hydrogens (tertiary/aromatic N) is 2. The zero-order valence-corrected chi connectivity index (χ0v) is 39.8. The van der Waals surface area contributed by atoms with Crippen molar-refractivity contribution in [2.24, 2.45) is 0 Å². The molecule has 2 heterocycles. The zero-order chi connectivity index (χ0) is 47.8. The molecule has 0 fully saturated rings. The van der Waals surface area contributed by atoms with Crippen molar-refractivity contribution in [2.75, 3.05) is 0 Å². The summed E-state index contributed by atoms with van der Waals surface area (Å²) in [7, 11) is 0. The van der Waals surface area contributed by atoms with E-state index in [1.165, 1.54) is 72.0 Å². The smallest absolute Gasteiger partial charge is 0.160 e. The molecule has 3 heteroatoms. The van der Waals surface area contributed by atoms with E-state index >= 15 is 0 Å². The monoisotopic (exact) mass is 928 g/mol. The lowest BCUT2D eigenvalue weighted by molar-refractivity contribution is 0.631. The molecule has 10 aromatic carbocycles. The highest BCUT2D eigenvalue weighted by Crippen LogP contribution is 2.69. The molecule has 0 N–H and O–H groups in total. The van der Waals surface area contributed by atoms with Crippen molar-refractivity contribution in [1.82, 2.24) is 9.97 Å². The van der Waals surface area contributed by atoms with Crippen LogP contribution >= 0.6 is 0 Å². The minimum absolute atomic E-state index is 0.532. The van der Waals surface area contributed by atoms with Gasteiger partial charge in [0.05, 0.1) is 22.2 Å². The maximum atomic E-state index is 7.16. The average molecular weight is 929 g/mol. The number of furan rings is 1. The molecule has 0 atom stereocenters. The van der Waals surface area contributed by atoms with Gasteiger partial charge >= 0.3 is 0 Å². The number of aromatic nitrogens is 2. The van der Waals surface area contributed by atoms with Crippen LogP contribution in [0.3, 0.4) is 0 Å². The summed E-state index contributed by atoms with van der Waals surface area (Å²) in [5.74, 6) is 0.715. The maximum absolute atomic E-state index is 7.16. The lowest BCUT2D eigenvalue weighted by atomic mass is 9.52. The summed E-state index contributed by atoms with van der Waals surface area (Å²) >= 11 is 0. The van der Waals surface area contributed by atoms with Crippen molar-refractivity contribution in [1.29, 1.82) is 0 Å². The van der Waals surface area contributed by atoms with Crippen molar-refractivity contribution in [2.45, 2.75) is 23.7 Å². The molecule has 0 aliphatic heterocycles. The molecule has 0 unspecified atom stereocenters. The standard InChI is InChI=1S/C70H44N2O/c1-2-19-44(20-3-1)62-42-63(72-68(71-62)48-37-36-43-18-4-5-21-45(43)40-48)47-23-16-22-46(41-47)49-27-17-34-60-65(49)66-61(39-38-53-52-26-8-15-35-64(52)73-67(53)66)70(60)58-32-13-11-30-56(58)69(57-31-12-14-33-59(57)70)54-28-9-6-24-50(54)51-25-7-10-29-55(51)69/h2,4-42H,1,3H2. The molecule has 0 radical (unpaired) electrons. The molecule has 4 aliphatic carbocycles.